The minimum absolute atomic E-state index is 0.692. The summed E-state index contributed by atoms with van der Waals surface area (Å²) in [6.45, 7) is 13.6. The van der Waals surface area contributed by atoms with Crippen LogP contribution in [0, 0.1) is 17.8 Å². The minimum Gasteiger partial charge on any atom is -0.370 e. The molecule has 0 saturated carbocycles. The van der Waals surface area contributed by atoms with Crippen molar-refractivity contribution in [2.45, 2.75) is 47.1 Å². The van der Waals surface area contributed by atoms with Gasteiger partial charge in [-0.05, 0) is 48.8 Å². The molecular formula is C18H31N3. The van der Waals surface area contributed by atoms with Crippen molar-refractivity contribution in [3.8, 4) is 0 Å². The summed E-state index contributed by atoms with van der Waals surface area (Å²) in [6.07, 6.45) is 6.58. The van der Waals surface area contributed by atoms with Gasteiger partial charge in [0.2, 0.25) is 0 Å². The lowest BCUT2D eigenvalue weighted by Gasteiger charge is -2.36. The summed E-state index contributed by atoms with van der Waals surface area (Å²) in [6, 6.07) is 2.16. The van der Waals surface area contributed by atoms with Crippen molar-refractivity contribution in [1.82, 2.24) is 10.3 Å². The van der Waals surface area contributed by atoms with E-state index >= 15 is 0 Å². The highest BCUT2D eigenvalue weighted by Gasteiger charge is 2.22. The maximum Gasteiger partial charge on any atom is 0.0598 e. The Labute approximate surface area is 130 Å². The molecule has 1 aromatic heterocycles. The van der Waals surface area contributed by atoms with Crippen LogP contribution in [-0.2, 0) is 6.54 Å². The first-order chi connectivity index (χ1) is 10.1. The van der Waals surface area contributed by atoms with Crippen LogP contribution in [0.3, 0.4) is 0 Å². The average Bonchev–Trinajstić information content (AvgIpc) is 2.47. The molecule has 0 bridgehead atoms. The van der Waals surface area contributed by atoms with E-state index in [4.69, 9.17) is 0 Å². The molecule has 2 rings (SSSR count). The summed E-state index contributed by atoms with van der Waals surface area (Å²) in [5, 5.41) is 3.55. The Morgan fingerprint density at radius 2 is 1.95 bits per heavy atom. The standard InChI is InChI=1S/C18H31N3/c1-14(2)11-20-12-17-5-8-19-13-18(17)21-9-6-16(7-10-21)15(3)4/h5,8,13-16,20H,6-7,9-12H2,1-4H3. The van der Waals surface area contributed by atoms with Gasteiger partial charge in [-0.1, -0.05) is 27.7 Å². The Balaban J connectivity index is 1.97. The fourth-order valence-corrected chi connectivity index (χ4v) is 3.15. The van der Waals surface area contributed by atoms with Crippen molar-refractivity contribution in [1.29, 1.82) is 0 Å². The molecule has 1 N–H and O–H groups in total. The third-order valence-corrected chi connectivity index (χ3v) is 4.58. The van der Waals surface area contributed by atoms with Gasteiger partial charge in [-0.2, -0.15) is 0 Å². The van der Waals surface area contributed by atoms with Crippen LogP contribution in [0.5, 0.6) is 0 Å². The average molecular weight is 289 g/mol. The Morgan fingerprint density at radius 1 is 1.24 bits per heavy atom. The summed E-state index contributed by atoms with van der Waals surface area (Å²) >= 11 is 0. The number of nitrogens with one attached hydrogen (secondary N) is 1. The Kier molecular flexibility index (Phi) is 6.04. The predicted octanol–water partition coefficient (Wildman–Crippen LogP) is 3.70. The van der Waals surface area contributed by atoms with Crippen LogP contribution >= 0.6 is 0 Å². The van der Waals surface area contributed by atoms with Crippen LogP contribution in [0.4, 0.5) is 5.69 Å². The molecule has 1 aromatic rings. The lowest BCUT2D eigenvalue weighted by Crippen LogP contribution is -2.36. The summed E-state index contributed by atoms with van der Waals surface area (Å²) in [7, 11) is 0. The number of hydrogen-bond donors (Lipinski definition) is 1. The van der Waals surface area contributed by atoms with E-state index in [2.05, 4.69) is 49.0 Å². The van der Waals surface area contributed by atoms with Gasteiger partial charge in [0.1, 0.15) is 0 Å². The van der Waals surface area contributed by atoms with Crippen LogP contribution in [-0.4, -0.2) is 24.6 Å². The zero-order valence-electron chi connectivity index (χ0n) is 14.1. The first-order valence-corrected chi connectivity index (χ1v) is 8.46. The predicted molar refractivity (Wildman–Crippen MR) is 90.6 cm³/mol. The molecule has 0 spiro atoms. The Hall–Kier alpha value is -1.09. The SMILES string of the molecule is CC(C)CNCc1ccncc1N1CCC(C(C)C)CC1. The van der Waals surface area contributed by atoms with Gasteiger partial charge in [0.25, 0.3) is 0 Å². The second-order valence-corrected chi connectivity index (χ2v) is 7.10. The number of aromatic nitrogens is 1. The van der Waals surface area contributed by atoms with Crippen molar-refractivity contribution >= 4 is 5.69 Å². The second kappa shape index (κ2) is 7.79. The van der Waals surface area contributed by atoms with Gasteiger partial charge >= 0.3 is 0 Å². The normalized spacial score (nSPS) is 17.0. The number of rotatable bonds is 6. The van der Waals surface area contributed by atoms with E-state index in [1.165, 1.54) is 37.2 Å². The monoisotopic (exact) mass is 289 g/mol. The highest BCUT2D eigenvalue weighted by Crippen LogP contribution is 2.29. The molecule has 1 fully saturated rings. The van der Waals surface area contributed by atoms with Crippen molar-refractivity contribution in [3.05, 3.63) is 24.0 Å². The molecule has 21 heavy (non-hydrogen) atoms. The van der Waals surface area contributed by atoms with E-state index in [9.17, 15) is 0 Å². The van der Waals surface area contributed by atoms with Crippen molar-refractivity contribution in [3.63, 3.8) is 0 Å². The molecule has 1 aliphatic rings. The quantitative estimate of drug-likeness (QED) is 0.865. The van der Waals surface area contributed by atoms with Crippen LogP contribution in [0.1, 0.15) is 46.1 Å². The van der Waals surface area contributed by atoms with E-state index in [-0.39, 0.29) is 0 Å². The summed E-state index contributed by atoms with van der Waals surface area (Å²) in [5.41, 5.74) is 2.71. The molecule has 0 radical (unpaired) electrons. The maximum atomic E-state index is 4.35. The molecule has 2 heterocycles. The number of anilines is 1. The zero-order valence-corrected chi connectivity index (χ0v) is 14.1. The number of pyridine rings is 1. The molecule has 1 saturated heterocycles. The van der Waals surface area contributed by atoms with Crippen molar-refractivity contribution < 1.29 is 0 Å². The van der Waals surface area contributed by atoms with E-state index < -0.39 is 0 Å². The van der Waals surface area contributed by atoms with Gasteiger partial charge in [0.15, 0.2) is 0 Å². The lowest BCUT2D eigenvalue weighted by atomic mass is 9.86. The van der Waals surface area contributed by atoms with Gasteiger partial charge in [0.05, 0.1) is 11.9 Å². The van der Waals surface area contributed by atoms with Crippen LogP contribution in [0.25, 0.3) is 0 Å². The minimum atomic E-state index is 0.692. The highest BCUT2D eigenvalue weighted by atomic mass is 15.1. The Bertz CT molecular complexity index is 420. The molecule has 0 aromatic carbocycles. The number of hydrogen-bond acceptors (Lipinski definition) is 3. The molecule has 0 aliphatic carbocycles. The molecule has 1 aliphatic heterocycles. The molecule has 3 nitrogen and oxygen atoms in total. The molecule has 3 heteroatoms. The van der Waals surface area contributed by atoms with Gasteiger partial charge in [-0.15, -0.1) is 0 Å². The molecule has 118 valence electrons. The first-order valence-electron chi connectivity index (χ1n) is 8.46. The zero-order chi connectivity index (χ0) is 15.2. The molecular weight excluding hydrogens is 258 g/mol. The first kappa shape index (κ1) is 16.3. The van der Waals surface area contributed by atoms with Crippen LogP contribution < -0.4 is 10.2 Å². The van der Waals surface area contributed by atoms with Gasteiger partial charge in [-0.25, -0.2) is 0 Å². The van der Waals surface area contributed by atoms with E-state index in [1.54, 1.807) is 0 Å². The van der Waals surface area contributed by atoms with Crippen molar-refractivity contribution in [2.75, 3.05) is 24.5 Å². The van der Waals surface area contributed by atoms with E-state index in [1.807, 2.05) is 12.4 Å². The number of nitrogens with zero attached hydrogens (tertiary/aromatic N) is 2. The van der Waals surface area contributed by atoms with E-state index in [0.717, 1.165) is 24.9 Å². The number of piperidine rings is 1. The fourth-order valence-electron chi connectivity index (χ4n) is 3.15. The lowest BCUT2D eigenvalue weighted by molar-refractivity contribution is 0.311. The Morgan fingerprint density at radius 3 is 2.57 bits per heavy atom. The molecule has 0 amide bonds. The van der Waals surface area contributed by atoms with Gasteiger partial charge in [-0.3, -0.25) is 4.98 Å². The van der Waals surface area contributed by atoms with Crippen molar-refractivity contribution in [2.24, 2.45) is 17.8 Å². The largest absolute Gasteiger partial charge is 0.370 e. The summed E-state index contributed by atoms with van der Waals surface area (Å²) in [5.74, 6) is 2.39. The highest BCUT2D eigenvalue weighted by molar-refractivity contribution is 5.52. The summed E-state index contributed by atoms with van der Waals surface area (Å²) in [4.78, 5) is 6.87. The summed E-state index contributed by atoms with van der Waals surface area (Å²) < 4.78 is 0. The fraction of sp³-hybridized carbons (Fsp3) is 0.722. The topological polar surface area (TPSA) is 28.2 Å². The molecule has 0 atom stereocenters. The third-order valence-electron chi connectivity index (χ3n) is 4.58. The molecule has 0 unspecified atom stereocenters. The van der Waals surface area contributed by atoms with Gasteiger partial charge < -0.3 is 10.2 Å². The van der Waals surface area contributed by atoms with Crippen LogP contribution in [0.2, 0.25) is 0 Å². The van der Waals surface area contributed by atoms with Crippen LogP contribution in [0.15, 0.2) is 18.5 Å². The smallest absolute Gasteiger partial charge is 0.0598 e. The van der Waals surface area contributed by atoms with E-state index in [0.29, 0.717) is 5.92 Å². The third kappa shape index (κ3) is 4.70. The van der Waals surface area contributed by atoms with Gasteiger partial charge in [0, 0.05) is 25.8 Å². The second-order valence-electron chi connectivity index (χ2n) is 7.10. The maximum absolute atomic E-state index is 4.35.